The number of benzene rings is 1. The lowest BCUT2D eigenvalue weighted by Crippen LogP contribution is -2.14. The van der Waals surface area contributed by atoms with E-state index in [1.54, 1.807) is 19.1 Å². The van der Waals surface area contributed by atoms with Gasteiger partial charge in [-0.25, -0.2) is 0 Å². The van der Waals surface area contributed by atoms with Crippen molar-refractivity contribution in [2.45, 2.75) is 13.3 Å². The lowest BCUT2D eigenvalue weighted by Gasteiger charge is -2.07. The van der Waals surface area contributed by atoms with Crippen molar-refractivity contribution in [2.75, 3.05) is 0 Å². The quantitative estimate of drug-likeness (QED) is 0.899. The van der Waals surface area contributed by atoms with Crippen molar-refractivity contribution < 1.29 is 14.3 Å². The first-order valence-corrected chi connectivity index (χ1v) is 5.49. The van der Waals surface area contributed by atoms with E-state index in [9.17, 15) is 9.59 Å². The lowest BCUT2D eigenvalue weighted by atomic mass is 10.0. The van der Waals surface area contributed by atoms with Crippen LogP contribution in [0.5, 0.6) is 0 Å². The molecule has 0 aliphatic rings. The van der Waals surface area contributed by atoms with Gasteiger partial charge in [-0.1, -0.05) is 30.3 Å². The fourth-order valence-corrected chi connectivity index (χ4v) is 1.78. The highest BCUT2D eigenvalue weighted by Crippen LogP contribution is 2.22. The molecule has 18 heavy (non-hydrogen) atoms. The molecule has 4 nitrogen and oxygen atoms in total. The molecule has 4 heteroatoms. The number of aliphatic carboxylic acids is 1. The average Bonchev–Trinajstić information content (AvgIpc) is 2.33. The Bertz CT molecular complexity index is 626. The fourth-order valence-electron chi connectivity index (χ4n) is 1.78. The van der Waals surface area contributed by atoms with E-state index in [1.807, 2.05) is 18.2 Å². The molecule has 1 aromatic heterocycles. The Morgan fingerprint density at radius 1 is 1.28 bits per heavy atom. The van der Waals surface area contributed by atoms with Crippen LogP contribution in [0.3, 0.4) is 0 Å². The molecule has 0 aliphatic heterocycles. The minimum atomic E-state index is -1.05. The maximum Gasteiger partial charge on any atom is 0.308 e. The summed E-state index contributed by atoms with van der Waals surface area (Å²) in [5.41, 5.74) is 0.578. The molecule has 92 valence electrons. The zero-order valence-corrected chi connectivity index (χ0v) is 9.84. The van der Waals surface area contributed by atoms with Crippen LogP contribution in [0, 0.1) is 6.92 Å². The number of carboxylic acids is 1. The van der Waals surface area contributed by atoms with E-state index in [0.717, 1.165) is 0 Å². The first-order valence-electron chi connectivity index (χ1n) is 5.49. The molecule has 1 N–H and O–H groups in total. The normalized spacial score (nSPS) is 10.3. The van der Waals surface area contributed by atoms with Crippen LogP contribution in [0.1, 0.15) is 11.3 Å². The average molecular weight is 244 g/mol. The summed E-state index contributed by atoms with van der Waals surface area (Å²) in [6, 6.07) is 10.3. The standard InChI is InChI=1S/C14H12O4/c1-9-7-12(15)11(8-13(16)17)14(18-9)10-5-3-2-4-6-10/h2-7H,8H2,1H3,(H,16,17). The van der Waals surface area contributed by atoms with E-state index in [-0.39, 0.29) is 17.4 Å². The molecule has 0 saturated carbocycles. The topological polar surface area (TPSA) is 67.5 Å². The molecular formula is C14H12O4. The van der Waals surface area contributed by atoms with Crippen LogP contribution in [-0.2, 0) is 11.2 Å². The van der Waals surface area contributed by atoms with Crippen molar-refractivity contribution in [3.8, 4) is 11.3 Å². The molecule has 0 bridgehead atoms. The van der Waals surface area contributed by atoms with E-state index in [1.165, 1.54) is 6.07 Å². The number of hydrogen-bond donors (Lipinski definition) is 1. The number of hydrogen-bond acceptors (Lipinski definition) is 3. The van der Waals surface area contributed by atoms with Gasteiger partial charge in [0.05, 0.1) is 12.0 Å². The SMILES string of the molecule is Cc1cc(=O)c(CC(=O)O)c(-c2ccccc2)o1. The first kappa shape index (κ1) is 12.1. The molecule has 0 fully saturated rings. The molecule has 2 aromatic rings. The molecule has 0 aliphatic carbocycles. The minimum absolute atomic E-state index is 0.180. The summed E-state index contributed by atoms with van der Waals surface area (Å²) in [6.45, 7) is 1.67. The molecule has 0 spiro atoms. The van der Waals surface area contributed by atoms with Crippen molar-refractivity contribution in [1.82, 2.24) is 0 Å². The maximum atomic E-state index is 11.8. The number of rotatable bonds is 3. The molecule has 0 unspecified atom stereocenters. The van der Waals surface area contributed by atoms with Gasteiger partial charge in [0.15, 0.2) is 5.43 Å². The summed E-state index contributed by atoms with van der Waals surface area (Å²) >= 11 is 0. The monoisotopic (exact) mass is 244 g/mol. The van der Waals surface area contributed by atoms with Crippen molar-refractivity contribution in [3.05, 3.63) is 57.9 Å². The Kier molecular flexibility index (Phi) is 3.28. The summed E-state index contributed by atoms with van der Waals surface area (Å²) in [6.07, 6.45) is -0.340. The highest BCUT2D eigenvalue weighted by atomic mass is 16.4. The highest BCUT2D eigenvalue weighted by Gasteiger charge is 2.15. The summed E-state index contributed by atoms with van der Waals surface area (Å²) in [7, 11) is 0. The van der Waals surface area contributed by atoms with E-state index in [0.29, 0.717) is 17.1 Å². The lowest BCUT2D eigenvalue weighted by molar-refractivity contribution is -0.136. The van der Waals surface area contributed by atoms with E-state index >= 15 is 0 Å². The molecule has 0 radical (unpaired) electrons. The molecule has 0 amide bonds. The largest absolute Gasteiger partial charge is 0.481 e. The second kappa shape index (κ2) is 4.87. The number of aryl methyl sites for hydroxylation is 1. The van der Waals surface area contributed by atoms with Gasteiger partial charge >= 0.3 is 5.97 Å². The third-order valence-electron chi connectivity index (χ3n) is 2.53. The van der Waals surface area contributed by atoms with E-state index in [4.69, 9.17) is 9.52 Å². The smallest absolute Gasteiger partial charge is 0.308 e. The van der Waals surface area contributed by atoms with Crippen molar-refractivity contribution in [2.24, 2.45) is 0 Å². The number of carboxylic acid groups (broad SMARTS) is 1. The predicted molar refractivity (Wildman–Crippen MR) is 66.5 cm³/mol. The van der Waals surface area contributed by atoms with E-state index < -0.39 is 5.97 Å². The van der Waals surface area contributed by atoms with E-state index in [2.05, 4.69) is 0 Å². The molecule has 2 rings (SSSR count). The van der Waals surface area contributed by atoms with Crippen LogP contribution in [-0.4, -0.2) is 11.1 Å². The molecule has 1 aromatic carbocycles. The van der Waals surface area contributed by atoms with Gasteiger partial charge < -0.3 is 9.52 Å². The molecular weight excluding hydrogens is 232 g/mol. The van der Waals surface area contributed by atoms with Gasteiger partial charge in [-0.3, -0.25) is 9.59 Å². The molecule has 0 saturated heterocycles. The van der Waals surface area contributed by atoms with Crippen LogP contribution in [0.4, 0.5) is 0 Å². The van der Waals surface area contributed by atoms with Gasteiger partial charge in [-0.15, -0.1) is 0 Å². The Morgan fingerprint density at radius 3 is 2.56 bits per heavy atom. The van der Waals surface area contributed by atoms with Crippen molar-refractivity contribution in [1.29, 1.82) is 0 Å². The predicted octanol–water partition coefficient (Wildman–Crippen LogP) is 2.24. The van der Waals surface area contributed by atoms with Gasteiger partial charge in [0.1, 0.15) is 11.5 Å². The first-order chi connectivity index (χ1) is 8.58. The second-order valence-corrected chi connectivity index (χ2v) is 3.97. The zero-order chi connectivity index (χ0) is 13.1. The summed E-state index contributed by atoms with van der Waals surface area (Å²) < 4.78 is 5.51. The third-order valence-corrected chi connectivity index (χ3v) is 2.53. The summed E-state index contributed by atoms with van der Waals surface area (Å²) in [4.78, 5) is 22.7. The van der Waals surface area contributed by atoms with Gasteiger partial charge in [0.25, 0.3) is 0 Å². The molecule has 0 atom stereocenters. The van der Waals surface area contributed by atoms with Crippen molar-refractivity contribution in [3.63, 3.8) is 0 Å². The summed E-state index contributed by atoms with van der Waals surface area (Å²) in [5, 5.41) is 8.85. The Balaban J connectivity index is 2.65. The van der Waals surface area contributed by atoms with Crippen LogP contribution >= 0.6 is 0 Å². The van der Waals surface area contributed by atoms with Gasteiger partial charge in [-0.2, -0.15) is 0 Å². The minimum Gasteiger partial charge on any atom is -0.481 e. The fraction of sp³-hybridized carbons (Fsp3) is 0.143. The van der Waals surface area contributed by atoms with Gasteiger partial charge in [0, 0.05) is 11.6 Å². The third kappa shape index (κ3) is 2.48. The van der Waals surface area contributed by atoms with Crippen LogP contribution < -0.4 is 5.43 Å². The van der Waals surface area contributed by atoms with Crippen molar-refractivity contribution >= 4 is 5.97 Å². The van der Waals surface area contributed by atoms with Crippen LogP contribution in [0.2, 0.25) is 0 Å². The van der Waals surface area contributed by atoms with Crippen LogP contribution in [0.15, 0.2) is 45.6 Å². The Hall–Kier alpha value is -2.36. The van der Waals surface area contributed by atoms with Gasteiger partial charge in [-0.05, 0) is 6.92 Å². The van der Waals surface area contributed by atoms with Gasteiger partial charge in [0.2, 0.25) is 0 Å². The second-order valence-electron chi connectivity index (χ2n) is 3.97. The Morgan fingerprint density at radius 2 is 1.94 bits per heavy atom. The highest BCUT2D eigenvalue weighted by molar-refractivity contribution is 5.74. The number of carbonyl (C=O) groups is 1. The molecule has 1 heterocycles. The zero-order valence-electron chi connectivity index (χ0n) is 9.84. The van der Waals surface area contributed by atoms with Crippen LogP contribution in [0.25, 0.3) is 11.3 Å². The maximum absolute atomic E-state index is 11.8. The summed E-state index contributed by atoms with van der Waals surface area (Å²) in [5.74, 6) is -0.251. The Labute approximate surface area is 104 Å².